The molecule has 3 atom stereocenters. The van der Waals surface area contributed by atoms with Gasteiger partial charge in [-0.15, -0.1) is 0 Å². The summed E-state index contributed by atoms with van der Waals surface area (Å²) in [4.78, 5) is 12.4. The molecule has 3 fully saturated rings. The van der Waals surface area contributed by atoms with Gasteiger partial charge < -0.3 is 18.9 Å². The van der Waals surface area contributed by atoms with E-state index in [9.17, 15) is 4.79 Å². The van der Waals surface area contributed by atoms with Crippen LogP contribution in [0.15, 0.2) is 0 Å². The van der Waals surface area contributed by atoms with E-state index in [0.717, 1.165) is 29.4 Å². The predicted molar refractivity (Wildman–Crippen MR) is 87.3 cm³/mol. The second-order valence-corrected chi connectivity index (χ2v) is 8.18. The Balaban J connectivity index is 1.81. The fraction of sp³-hybridized carbons (Fsp3) is 0.933. The van der Waals surface area contributed by atoms with Crippen molar-refractivity contribution in [1.82, 2.24) is 0 Å². The van der Waals surface area contributed by atoms with Gasteiger partial charge in [0.05, 0.1) is 25.2 Å². The molecule has 0 saturated carbocycles. The smallest absolute Gasteiger partial charge is 0.175 e. The molecule has 1 spiro atoms. The van der Waals surface area contributed by atoms with Crippen molar-refractivity contribution in [2.45, 2.75) is 24.7 Å². The van der Waals surface area contributed by atoms with Crippen LogP contribution in [0, 0.1) is 11.8 Å². The first kappa shape index (κ1) is 17.0. The molecule has 0 aromatic carbocycles. The van der Waals surface area contributed by atoms with E-state index < -0.39 is 5.79 Å². The lowest BCUT2D eigenvalue weighted by molar-refractivity contribution is -0.233. The molecule has 3 saturated heterocycles. The highest BCUT2D eigenvalue weighted by atomic mass is 32.2. The lowest BCUT2D eigenvalue weighted by Crippen LogP contribution is -2.54. The summed E-state index contributed by atoms with van der Waals surface area (Å²) >= 11 is 3.73. The Kier molecular flexibility index (Phi) is 6.09. The number of hydrogen-bond donors (Lipinski definition) is 0. The van der Waals surface area contributed by atoms with Crippen molar-refractivity contribution in [2.75, 3.05) is 50.1 Å². The minimum atomic E-state index is -0.563. The second kappa shape index (κ2) is 7.85. The zero-order valence-corrected chi connectivity index (χ0v) is 14.6. The summed E-state index contributed by atoms with van der Waals surface area (Å²) in [7, 11) is 1.61. The van der Waals surface area contributed by atoms with Crippen molar-refractivity contribution in [3.05, 3.63) is 0 Å². The SMILES string of the molecule is COCO[C@H]([C@H]1CSCCC1=O)[C@@H]1CSCCC12OCCO2. The van der Waals surface area contributed by atoms with Gasteiger partial charge in [-0.3, -0.25) is 4.79 Å². The molecule has 0 N–H and O–H groups in total. The number of thioether (sulfide) groups is 2. The maximum atomic E-state index is 12.4. The van der Waals surface area contributed by atoms with Gasteiger partial charge in [-0.2, -0.15) is 23.5 Å². The number of hydrogen-bond acceptors (Lipinski definition) is 7. The third-order valence-corrected chi connectivity index (χ3v) is 6.78. The average Bonchev–Trinajstić information content (AvgIpc) is 3.00. The summed E-state index contributed by atoms with van der Waals surface area (Å²) in [5, 5.41) is 0. The summed E-state index contributed by atoms with van der Waals surface area (Å²) in [6.07, 6.45) is 1.31. The highest BCUT2D eigenvalue weighted by molar-refractivity contribution is 7.99. The fourth-order valence-electron chi connectivity index (χ4n) is 3.51. The van der Waals surface area contributed by atoms with E-state index in [2.05, 4.69) is 0 Å². The molecule has 22 heavy (non-hydrogen) atoms. The lowest BCUT2D eigenvalue weighted by Gasteiger charge is -2.45. The molecule has 0 amide bonds. The van der Waals surface area contributed by atoms with Crippen LogP contribution < -0.4 is 0 Å². The maximum absolute atomic E-state index is 12.4. The maximum Gasteiger partial charge on any atom is 0.175 e. The van der Waals surface area contributed by atoms with E-state index in [1.54, 1.807) is 7.11 Å². The first-order valence-corrected chi connectivity index (χ1v) is 10.1. The molecule has 126 valence electrons. The van der Waals surface area contributed by atoms with Gasteiger partial charge in [-0.05, 0) is 5.75 Å². The van der Waals surface area contributed by atoms with Crippen LogP contribution in [0.3, 0.4) is 0 Å². The van der Waals surface area contributed by atoms with Crippen molar-refractivity contribution in [1.29, 1.82) is 0 Å². The minimum absolute atomic E-state index is 0.0801. The van der Waals surface area contributed by atoms with E-state index in [0.29, 0.717) is 25.4 Å². The van der Waals surface area contributed by atoms with Gasteiger partial charge in [0, 0.05) is 43.1 Å². The Labute approximate surface area is 140 Å². The predicted octanol–water partition coefficient (Wildman–Crippen LogP) is 1.79. The second-order valence-electron chi connectivity index (χ2n) is 5.88. The Bertz CT molecular complexity index is 386. The van der Waals surface area contributed by atoms with Crippen LogP contribution in [0.2, 0.25) is 0 Å². The molecule has 0 aromatic rings. The van der Waals surface area contributed by atoms with E-state index in [4.69, 9.17) is 18.9 Å². The molecule has 7 heteroatoms. The molecule has 3 aliphatic heterocycles. The minimum Gasteiger partial charge on any atom is -0.359 e. The van der Waals surface area contributed by atoms with Crippen molar-refractivity contribution >= 4 is 29.3 Å². The molecule has 3 rings (SSSR count). The van der Waals surface area contributed by atoms with Gasteiger partial charge in [0.15, 0.2) is 5.79 Å². The number of Topliss-reactive ketones (excluding diaryl/α,β-unsaturated/α-hetero) is 1. The Hall–Kier alpha value is 0.210. The lowest BCUT2D eigenvalue weighted by atomic mass is 9.82. The normalized spacial score (nSPS) is 33.2. The van der Waals surface area contributed by atoms with Crippen LogP contribution in [-0.4, -0.2) is 67.8 Å². The molecular weight excluding hydrogens is 324 g/mol. The first-order chi connectivity index (χ1) is 10.8. The van der Waals surface area contributed by atoms with E-state index >= 15 is 0 Å². The summed E-state index contributed by atoms with van der Waals surface area (Å²) in [5.41, 5.74) is 0. The zero-order chi connectivity index (χ0) is 15.4. The molecule has 0 unspecified atom stereocenters. The molecule has 0 aromatic heterocycles. The molecular formula is C15H24O5S2. The van der Waals surface area contributed by atoms with E-state index in [1.165, 1.54) is 0 Å². The average molecular weight is 348 g/mol. The van der Waals surface area contributed by atoms with Gasteiger partial charge in [-0.1, -0.05) is 0 Å². The number of methoxy groups -OCH3 is 1. The Morgan fingerprint density at radius 3 is 2.77 bits per heavy atom. The van der Waals surface area contributed by atoms with Crippen LogP contribution in [0.5, 0.6) is 0 Å². The summed E-state index contributed by atoms with van der Waals surface area (Å²) in [5.74, 6) is 3.42. The summed E-state index contributed by atoms with van der Waals surface area (Å²) in [6, 6.07) is 0. The molecule has 0 bridgehead atoms. The Morgan fingerprint density at radius 2 is 2.05 bits per heavy atom. The summed E-state index contributed by atoms with van der Waals surface area (Å²) < 4.78 is 23.1. The van der Waals surface area contributed by atoms with Gasteiger partial charge in [0.25, 0.3) is 0 Å². The topological polar surface area (TPSA) is 54.0 Å². The van der Waals surface area contributed by atoms with Gasteiger partial charge >= 0.3 is 0 Å². The largest absolute Gasteiger partial charge is 0.359 e. The van der Waals surface area contributed by atoms with Crippen LogP contribution in [0.1, 0.15) is 12.8 Å². The van der Waals surface area contributed by atoms with Crippen molar-refractivity contribution in [3.63, 3.8) is 0 Å². The highest BCUT2D eigenvalue weighted by Crippen LogP contribution is 2.44. The molecule has 0 radical (unpaired) electrons. The number of ketones is 1. The number of rotatable bonds is 5. The standard InChI is InChI=1S/C15H24O5S2/c1-17-10-18-14(11-8-21-6-2-13(11)16)12-9-22-7-3-15(12)19-4-5-20-15/h11-12,14H,2-10H2,1H3/t11-,12-,14+/m0/s1. The fourth-order valence-corrected chi connectivity index (χ4v) is 5.94. The van der Waals surface area contributed by atoms with Crippen molar-refractivity contribution in [2.24, 2.45) is 11.8 Å². The number of carbonyl (C=O) groups excluding carboxylic acids is 1. The quantitative estimate of drug-likeness (QED) is 0.702. The summed E-state index contributed by atoms with van der Waals surface area (Å²) in [6.45, 7) is 1.47. The van der Waals surface area contributed by atoms with Crippen LogP contribution in [-0.2, 0) is 23.7 Å². The Morgan fingerprint density at radius 1 is 1.27 bits per heavy atom. The molecule has 5 nitrogen and oxygen atoms in total. The first-order valence-electron chi connectivity index (χ1n) is 7.83. The zero-order valence-electron chi connectivity index (χ0n) is 13.0. The third-order valence-electron chi connectivity index (χ3n) is 4.61. The van der Waals surface area contributed by atoms with Crippen LogP contribution in [0.4, 0.5) is 0 Å². The van der Waals surface area contributed by atoms with E-state index in [-0.39, 0.29) is 24.7 Å². The number of carbonyl (C=O) groups is 1. The van der Waals surface area contributed by atoms with Gasteiger partial charge in [0.1, 0.15) is 12.6 Å². The monoisotopic (exact) mass is 348 g/mol. The molecule has 0 aliphatic carbocycles. The van der Waals surface area contributed by atoms with Crippen molar-refractivity contribution in [3.8, 4) is 0 Å². The molecule has 3 heterocycles. The third kappa shape index (κ3) is 3.49. The van der Waals surface area contributed by atoms with Crippen LogP contribution >= 0.6 is 23.5 Å². The number of ether oxygens (including phenoxy) is 4. The van der Waals surface area contributed by atoms with Crippen LogP contribution in [0.25, 0.3) is 0 Å². The van der Waals surface area contributed by atoms with E-state index in [1.807, 2.05) is 23.5 Å². The highest BCUT2D eigenvalue weighted by Gasteiger charge is 2.52. The van der Waals surface area contributed by atoms with Gasteiger partial charge in [-0.25, -0.2) is 0 Å². The van der Waals surface area contributed by atoms with Crippen molar-refractivity contribution < 1.29 is 23.7 Å². The molecule has 3 aliphatic rings. The van der Waals surface area contributed by atoms with Gasteiger partial charge in [0.2, 0.25) is 0 Å².